The van der Waals surface area contributed by atoms with Crippen molar-refractivity contribution in [2.24, 2.45) is 5.41 Å². The third-order valence-corrected chi connectivity index (χ3v) is 4.10. The van der Waals surface area contributed by atoms with Gasteiger partial charge < -0.3 is 10.6 Å². The summed E-state index contributed by atoms with van der Waals surface area (Å²) in [6.45, 7) is 6.97. The summed E-state index contributed by atoms with van der Waals surface area (Å²) in [6, 6.07) is 8.19. The zero-order valence-electron chi connectivity index (χ0n) is 10.4. The molecule has 2 rings (SSSR count). The van der Waals surface area contributed by atoms with Crippen molar-refractivity contribution in [3.8, 4) is 0 Å². The Balaban J connectivity index is 2.07. The van der Waals surface area contributed by atoms with Crippen LogP contribution in [0.5, 0.6) is 0 Å². The van der Waals surface area contributed by atoms with Crippen LogP contribution in [0, 0.1) is 5.41 Å². The molecule has 2 heteroatoms. The molecular formula is C14H22N2. The van der Waals surface area contributed by atoms with Crippen molar-refractivity contribution in [1.82, 2.24) is 0 Å². The van der Waals surface area contributed by atoms with Crippen LogP contribution < -0.4 is 10.6 Å². The maximum atomic E-state index is 6.01. The Hall–Kier alpha value is -1.18. The molecule has 1 saturated heterocycles. The average molecular weight is 218 g/mol. The number of nitrogens with two attached hydrogens (primary N) is 1. The number of hydrogen-bond acceptors (Lipinski definition) is 2. The van der Waals surface area contributed by atoms with Crippen LogP contribution in [0.2, 0.25) is 0 Å². The molecule has 1 aromatic carbocycles. The fourth-order valence-electron chi connectivity index (χ4n) is 2.42. The maximum Gasteiger partial charge on any atom is 0.0599 e. The van der Waals surface area contributed by atoms with Crippen LogP contribution in [0.15, 0.2) is 24.3 Å². The summed E-state index contributed by atoms with van der Waals surface area (Å²) in [6.07, 6.45) is 3.83. The minimum atomic E-state index is 0.542. The lowest BCUT2D eigenvalue weighted by atomic mass is 9.78. The predicted octanol–water partition coefficient (Wildman–Crippen LogP) is 3.29. The molecule has 0 unspecified atom stereocenters. The third kappa shape index (κ3) is 2.16. The van der Waals surface area contributed by atoms with Crippen molar-refractivity contribution in [2.75, 3.05) is 23.7 Å². The number of rotatable bonds is 2. The van der Waals surface area contributed by atoms with E-state index in [1.165, 1.54) is 24.9 Å². The Kier molecular flexibility index (Phi) is 3.08. The predicted molar refractivity (Wildman–Crippen MR) is 70.7 cm³/mol. The molecule has 2 nitrogen and oxygen atoms in total. The van der Waals surface area contributed by atoms with Gasteiger partial charge in [0.2, 0.25) is 0 Å². The zero-order valence-corrected chi connectivity index (χ0v) is 10.4. The normalized spacial score (nSPS) is 19.8. The van der Waals surface area contributed by atoms with Crippen LogP contribution in [-0.4, -0.2) is 13.1 Å². The van der Waals surface area contributed by atoms with E-state index in [4.69, 9.17) is 5.73 Å². The summed E-state index contributed by atoms with van der Waals surface area (Å²) in [5, 5.41) is 0. The number of benzene rings is 1. The molecule has 0 aliphatic carbocycles. The minimum Gasteiger partial charge on any atom is -0.397 e. The average Bonchev–Trinajstić information content (AvgIpc) is 2.31. The Morgan fingerprint density at radius 1 is 1.25 bits per heavy atom. The van der Waals surface area contributed by atoms with E-state index in [9.17, 15) is 0 Å². The van der Waals surface area contributed by atoms with Crippen LogP contribution in [0.4, 0.5) is 11.4 Å². The van der Waals surface area contributed by atoms with E-state index in [1.807, 2.05) is 12.1 Å². The van der Waals surface area contributed by atoms with Crippen LogP contribution >= 0.6 is 0 Å². The smallest absolute Gasteiger partial charge is 0.0599 e. The fourth-order valence-corrected chi connectivity index (χ4v) is 2.42. The molecule has 1 aromatic rings. The summed E-state index contributed by atoms with van der Waals surface area (Å²) in [7, 11) is 0. The van der Waals surface area contributed by atoms with E-state index in [-0.39, 0.29) is 0 Å². The lowest BCUT2D eigenvalue weighted by Crippen LogP contribution is -2.38. The van der Waals surface area contributed by atoms with Crippen LogP contribution in [0.1, 0.15) is 33.1 Å². The fraction of sp³-hybridized carbons (Fsp3) is 0.571. The number of anilines is 2. The SMILES string of the molecule is CCC1(C)CCN(c2ccccc2N)CC1. The van der Waals surface area contributed by atoms with Gasteiger partial charge in [-0.1, -0.05) is 32.4 Å². The Morgan fingerprint density at radius 2 is 1.88 bits per heavy atom. The highest BCUT2D eigenvalue weighted by Gasteiger charge is 2.28. The van der Waals surface area contributed by atoms with Crippen molar-refractivity contribution < 1.29 is 0 Å². The van der Waals surface area contributed by atoms with E-state index in [0.717, 1.165) is 18.8 Å². The van der Waals surface area contributed by atoms with Gasteiger partial charge in [-0.15, -0.1) is 0 Å². The monoisotopic (exact) mass is 218 g/mol. The quantitative estimate of drug-likeness (QED) is 0.772. The molecule has 0 spiro atoms. The molecule has 0 saturated carbocycles. The number of hydrogen-bond donors (Lipinski definition) is 1. The second kappa shape index (κ2) is 4.36. The minimum absolute atomic E-state index is 0.542. The molecule has 16 heavy (non-hydrogen) atoms. The van der Waals surface area contributed by atoms with Gasteiger partial charge in [0.1, 0.15) is 0 Å². The third-order valence-electron chi connectivity index (χ3n) is 4.10. The van der Waals surface area contributed by atoms with Crippen molar-refractivity contribution in [2.45, 2.75) is 33.1 Å². The van der Waals surface area contributed by atoms with Gasteiger partial charge in [0.25, 0.3) is 0 Å². The van der Waals surface area contributed by atoms with Gasteiger partial charge in [0.15, 0.2) is 0 Å². The van der Waals surface area contributed by atoms with Gasteiger partial charge in [0, 0.05) is 13.1 Å². The number of nitrogens with zero attached hydrogens (tertiary/aromatic N) is 1. The second-order valence-electron chi connectivity index (χ2n) is 5.21. The summed E-state index contributed by atoms with van der Waals surface area (Å²) < 4.78 is 0. The van der Waals surface area contributed by atoms with E-state index in [1.54, 1.807) is 0 Å². The van der Waals surface area contributed by atoms with Crippen molar-refractivity contribution in [3.63, 3.8) is 0 Å². The van der Waals surface area contributed by atoms with Crippen LogP contribution in [0.3, 0.4) is 0 Å². The molecule has 0 amide bonds. The molecule has 0 aromatic heterocycles. The summed E-state index contributed by atoms with van der Waals surface area (Å²) in [5.41, 5.74) is 8.67. The van der Waals surface area contributed by atoms with Crippen molar-refractivity contribution in [1.29, 1.82) is 0 Å². The van der Waals surface area contributed by atoms with E-state index >= 15 is 0 Å². The lowest BCUT2D eigenvalue weighted by Gasteiger charge is -2.40. The molecule has 1 aliphatic rings. The Morgan fingerprint density at radius 3 is 2.44 bits per heavy atom. The van der Waals surface area contributed by atoms with Gasteiger partial charge in [-0.05, 0) is 30.4 Å². The summed E-state index contributed by atoms with van der Waals surface area (Å²) in [5.74, 6) is 0. The lowest BCUT2D eigenvalue weighted by molar-refractivity contribution is 0.238. The first-order valence-corrected chi connectivity index (χ1v) is 6.24. The number of nitrogen functional groups attached to an aromatic ring is 1. The molecule has 2 N–H and O–H groups in total. The van der Waals surface area contributed by atoms with Crippen molar-refractivity contribution >= 4 is 11.4 Å². The molecule has 0 radical (unpaired) electrons. The Labute approximate surface area is 98.4 Å². The van der Waals surface area contributed by atoms with E-state index < -0.39 is 0 Å². The first kappa shape index (κ1) is 11.3. The standard InChI is InChI=1S/C14H22N2/c1-3-14(2)8-10-16(11-9-14)13-7-5-4-6-12(13)15/h4-7H,3,8-11,15H2,1-2H3. The largest absolute Gasteiger partial charge is 0.397 e. The van der Waals surface area contributed by atoms with Gasteiger partial charge >= 0.3 is 0 Å². The van der Waals surface area contributed by atoms with Gasteiger partial charge in [-0.3, -0.25) is 0 Å². The highest BCUT2D eigenvalue weighted by Crippen LogP contribution is 2.36. The summed E-state index contributed by atoms with van der Waals surface area (Å²) >= 11 is 0. The Bertz CT molecular complexity index is 352. The molecular weight excluding hydrogens is 196 g/mol. The molecule has 0 atom stereocenters. The van der Waals surface area contributed by atoms with Gasteiger partial charge in [-0.2, -0.15) is 0 Å². The molecule has 1 aliphatic heterocycles. The van der Waals surface area contributed by atoms with Crippen LogP contribution in [-0.2, 0) is 0 Å². The zero-order chi connectivity index (χ0) is 11.6. The van der Waals surface area contributed by atoms with Crippen molar-refractivity contribution in [3.05, 3.63) is 24.3 Å². The highest BCUT2D eigenvalue weighted by atomic mass is 15.1. The molecule has 1 fully saturated rings. The van der Waals surface area contributed by atoms with E-state index in [0.29, 0.717) is 5.41 Å². The first-order valence-electron chi connectivity index (χ1n) is 6.24. The summed E-state index contributed by atoms with van der Waals surface area (Å²) in [4.78, 5) is 2.42. The number of para-hydroxylation sites is 2. The molecule has 0 bridgehead atoms. The van der Waals surface area contributed by atoms with Gasteiger partial charge in [-0.25, -0.2) is 0 Å². The topological polar surface area (TPSA) is 29.3 Å². The number of piperidine rings is 1. The first-order chi connectivity index (χ1) is 7.64. The van der Waals surface area contributed by atoms with E-state index in [2.05, 4.69) is 30.9 Å². The molecule has 1 heterocycles. The highest BCUT2D eigenvalue weighted by molar-refractivity contribution is 5.67. The van der Waals surface area contributed by atoms with Crippen LogP contribution in [0.25, 0.3) is 0 Å². The van der Waals surface area contributed by atoms with Gasteiger partial charge in [0.05, 0.1) is 11.4 Å². The molecule has 88 valence electrons. The maximum absolute atomic E-state index is 6.01. The second-order valence-corrected chi connectivity index (χ2v) is 5.21.